The first-order valence-corrected chi connectivity index (χ1v) is 8.54. The Kier molecular flexibility index (Phi) is 5.39. The summed E-state index contributed by atoms with van der Waals surface area (Å²) >= 11 is 7.73. The summed E-state index contributed by atoms with van der Waals surface area (Å²) < 4.78 is 6.52. The molecular formula is C12H12Br2N2O4S. The van der Waals surface area contributed by atoms with E-state index in [2.05, 4.69) is 42.5 Å². The van der Waals surface area contributed by atoms with Gasteiger partial charge in [-0.15, -0.1) is 11.3 Å². The van der Waals surface area contributed by atoms with E-state index in [1.54, 1.807) is 6.07 Å². The molecule has 1 aliphatic carbocycles. The predicted octanol–water partition coefficient (Wildman–Crippen LogP) is 2.81. The van der Waals surface area contributed by atoms with Crippen molar-refractivity contribution in [3.8, 4) is 0 Å². The second kappa shape index (κ2) is 6.89. The molecule has 1 fully saturated rings. The van der Waals surface area contributed by atoms with Crippen molar-refractivity contribution in [2.45, 2.75) is 31.9 Å². The number of imide groups is 1. The second-order valence-electron chi connectivity index (χ2n) is 4.52. The molecule has 114 valence electrons. The Balaban J connectivity index is 1.84. The third kappa shape index (κ3) is 4.79. The van der Waals surface area contributed by atoms with Crippen LogP contribution in [0, 0.1) is 0 Å². The van der Waals surface area contributed by atoms with Gasteiger partial charge in [-0.3, -0.25) is 10.1 Å². The van der Waals surface area contributed by atoms with E-state index < -0.39 is 24.0 Å². The number of esters is 1. The Hall–Kier alpha value is -0.930. The maximum absolute atomic E-state index is 11.9. The fourth-order valence-corrected chi connectivity index (χ4v) is 3.30. The molecule has 0 bridgehead atoms. The molecule has 1 atom stereocenters. The lowest BCUT2D eigenvalue weighted by atomic mass is 10.3. The van der Waals surface area contributed by atoms with E-state index in [0.717, 1.165) is 21.1 Å². The first kappa shape index (κ1) is 16.4. The van der Waals surface area contributed by atoms with Gasteiger partial charge < -0.3 is 10.1 Å². The van der Waals surface area contributed by atoms with Gasteiger partial charge in [0.15, 0.2) is 6.10 Å². The molecule has 1 aromatic heterocycles. The summed E-state index contributed by atoms with van der Waals surface area (Å²) in [6.45, 7) is 1.41. The lowest BCUT2D eigenvalue weighted by Crippen LogP contribution is -2.45. The highest BCUT2D eigenvalue weighted by Crippen LogP contribution is 2.32. The van der Waals surface area contributed by atoms with Gasteiger partial charge >= 0.3 is 12.0 Å². The molecule has 1 unspecified atom stereocenters. The molecule has 21 heavy (non-hydrogen) atoms. The van der Waals surface area contributed by atoms with Gasteiger partial charge in [0.05, 0.1) is 3.79 Å². The van der Waals surface area contributed by atoms with E-state index in [1.807, 2.05) is 0 Å². The van der Waals surface area contributed by atoms with Crippen molar-refractivity contribution in [1.82, 2.24) is 10.6 Å². The summed E-state index contributed by atoms with van der Waals surface area (Å²) in [7, 11) is 0. The molecule has 0 saturated heterocycles. The molecule has 1 saturated carbocycles. The molecule has 9 heteroatoms. The minimum atomic E-state index is -1.05. The smallest absolute Gasteiger partial charge is 0.349 e. The average molecular weight is 440 g/mol. The van der Waals surface area contributed by atoms with Gasteiger partial charge in [-0.05, 0) is 57.7 Å². The molecule has 3 amide bonds. The van der Waals surface area contributed by atoms with Gasteiger partial charge in [-0.2, -0.15) is 0 Å². The van der Waals surface area contributed by atoms with E-state index >= 15 is 0 Å². The highest BCUT2D eigenvalue weighted by atomic mass is 79.9. The van der Waals surface area contributed by atoms with Gasteiger partial charge in [-0.1, -0.05) is 0 Å². The zero-order chi connectivity index (χ0) is 15.6. The van der Waals surface area contributed by atoms with Gasteiger partial charge in [0, 0.05) is 10.5 Å². The van der Waals surface area contributed by atoms with Crippen LogP contribution in [0.25, 0.3) is 0 Å². The summed E-state index contributed by atoms with van der Waals surface area (Å²) in [5.41, 5.74) is 0. The van der Waals surface area contributed by atoms with Crippen LogP contribution in [0.15, 0.2) is 14.3 Å². The van der Waals surface area contributed by atoms with Crippen molar-refractivity contribution in [3.05, 3.63) is 19.2 Å². The van der Waals surface area contributed by atoms with Crippen LogP contribution in [0.1, 0.15) is 29.4 Å². The van der Waals surface area contributed by atoms with Gasteiger partial charge in [0.25, 0.3) is 5.91 Å². The quantitative estimate of drug-likeness (QED) is 0.706. The maximum atomic E-state index is 11.9. The summed E-state index contributed by atoms with van der Waals surface area (Å²) in [5.74, 6) is -1.27. The number of halogens is 2. The van der Waals surface area contributed by atoms with Gasteiger partial charge in [-0.25, -0.2) is 9.59 Å². The van der Waals surface area contributed by atoms with Crippen LogP contribution in [0.2, 0.25) is 0 Å². The monoisotopic (exact) mass is 438 g/mol. The second-order valence-corrected chi connectivity index (χ2v) is 7.74. The average Bonchev–Trinajstić information content (AvgIpc) is 3.14. The highest BCUT2D eigenvalue weighted by molar-refractivity contribution is 9.13. The van der Waals surface area contributed by atoms with E-state index in [9.17, 15) is 14.4 Å². The summed E-state index contributed by atoms with van der Waals surface area (Å²) in [6, 6.07) is 1.19. The molecule has 0 aromatic carbocycles. The fraction of sp³-hybridized carbons (Fsp3) is 0.417. The Morgan fingerprint density at radius 3 is 2.57 bits per heavy atom. The molecule has 0 aliphatic heterocycles. The van der Waals surface area contributed by atoms with Crippen molar-refractivity contribution in [2.75, 3.05) is 0 Å². The van der Waals surface area contributed by atoms with E-state index in [1.165, 1.54) is 18.3 Å². The number of nitrogens with one attached hydrogen (secondary N) is 2. The fourth-order valence-electron chi connectivity index (χ4n) is 1.38. The van der Waals surface area contributed by atoms with E-state index in [-0.39, 0.29) is 6.04 Å². The number of thiophene rings is 1. The van der Waals surface area contributed by atoms with E-state index in [0.29, 0.717) is 4.88 Å². The van der Waals surface area contributed by atoms with Gasteiger partial charge in [0.2, 0.25) is 0 Å². The van der Waals surface area contributed by atoms with E-state index in [4.69, 9.17) is 4.74 Å². The van der Waals surface area contributed by atoms with Crippen molar-refractivity contribution in [2.24, 2.45) is 0 Å². The van der Waals surface area contributed by atoms with Crippen LogP contribution in [-0.4, -0.2) is 30.1 Å². The molecule has 1 aliphatic rings. The minimum absolute atomic E-state index is 0.150. The molecular weight excluding hydrogens is 428 g/mol. The number of carbonyl (C=O) groups excluding carboxylic acids is 3. The largest absolute Gasteiger partial charge is 0.448 e. The number of amides is 3. The SMILES string of the molecule is CC(OC(=O)c1cc(Br)c(Br)s1)C(=O)NC(=O)NC1CC1. The molecule has 1 heterocycles. The molecule has 0 spiro atoms. The number of rotatable bonds is 4. The first-order chi connectivity index (χ1) is 9.86. The topological polar surface area (TPSA) is 84.5 Å². The predicted molar refractivity (Wildman–Crippen MR) is 84.3 cm³/mol. The van der Waals surface area contributed by atoms with Crippen LogP contribution in [0.3, 0.4) is 0 Å². The Labute approximate surface area is 141 Å². The number of hydrogen-bond acceptors (Lipinski definition) is 5. The summed E-state index contributed by atoms with van der Waals surface area (Å²) in [6.07, 6.45) is 0.796. The van der Waals surface area contributed by atoms with Crippen LogP contribution in [0.5, 0.6) is 0 Å². The normalized spacial score (nSPS) is 15.2. The number of ether oxygens (including phenoxy) is 1. The Morgan fingerprint density at radius 2 is 2.05 bits per heavy atom. The van der Waals surface area contributed by atoms with Crippen LogP contribution in [-0.2, 0) is 9.53 Å². The lowest BCUT2D eigenvalue weighted by Gasteiger charge is -2.12. The molecule has 2 rings (SSSR count). The van der Waals surface area contributed by atoms with Crippen molar-refractivity contribution < 1.29 is 19.1 Å². The molecule has 1 aromatic rings. The summed E-state index contributed by atoms with van der Waals surface area (Å²) in [4.78, 5) is 35.4. The van der Waals surface area contributed by atoms with Crippen molar-refractivity contribution >= 4 is 61.1 Å². The number of carbonyl (C=O) groups is 3. The van der Waals surface area contributed by atoms with Crippen molar-refractivity contribution in [3.63, 3.8) is 0 Å². The zero-order valence-electron chi connectivity index (χ0n) is 10.9. The Morgan fingerprint density at radius 1 is 1.38 bits per heavy atom. The third-order valence-electron chi connectivity index (χ3n) is 2.65. The van der Waals surface area contributed by atoms with Crippen LogP contribution >= 0.6 is 43.2 Å². The summed E-state index contributed by atoms with van der Waals surface area (Å²) in [5, 5.41) is 4.76. The number of urea groups is 1. The third-order valence-corrected chi connectivity index (χ3v) is 5.88. The lowest BCUT2D eigenvalue weighted by molar-refractivity contribution is -0.127. The molecule has 2 N–H and O–H groups in total. The van der Waals surface area contributed by atoms with Crippen LogP contribution in [0.4, 0.5) is 4.79 Å². The molecule has 6 nitrogen and oxygen atoms in total. The number of hydrogen-bond donors (Lipinski definition) is 2. The first-order valence-electron chi connectivity index (χ1n) is 6.14. The van der Waals surface area contributed by atoms with Crippen LogP contribution < -0.4 is 10.6 Å². The standard InChI is InChI=1S/C12H12Br2N2O4S/c1-5(10(17)16-12(19)15-6-2-3-6)20-11(18)8-4-7(13)9(14)21-8/h4-6H,2-3H2,1H3,(H2,15,16,17,19). The van der Waals surface area contributed by atoms with Crippen molar-refractivity contribution in [1.29, 1.82) is 0 Å². The Bertz CT molecular complexity index is 566. The molecule has 0 radical (unpaired) electrons. The minimum Gasteiger partial charge on any atom is -0.448 e. The zero-order valence-corrected chi connectivity index (χ0v) is 14.9. The maximum Gasteiger partial charge on any atom is 0.349 e. The highest BCUT2D eigenvalue weighted by Gasteiger charge is 2.26. The van der Waals surface area contributed by atoms with Gasteiger partial charge in [0.1, 0.15) is 4.88 Å².